The largest absolute Gasteiger partial charge is 0.483 e. The van der Waals surface area contributed by atoms with Gasteiger partial charge < -0.3 is 10.2 Å². The molecule has 1 saturated carbocycles. The Hall–Kier alpha value is -0.570. The zero-order valence-corrected chi connectivity index (χ0v) is 6.92. The fourth-order valence-corrected chi connectivity index (χ4v) is 1.31. The SMILES string of the molecule is CC1(O)CCCCC1.O=CO. The van der Waals surface area contributed by atoms with Crippen molar-refractivity contribution in [2.75, 3.05) is 0 Å². The topological polar surface area (TPSA) is 57.5 Å². The van der Waals surface area contributed by atoms with Crippen molar-refractivity contribution in [2.45, 2.75) is 44.6 Å². The summed E-state index contributed by atoms with van der Waals surface area (Å²) in [6.45, 7) is 1.69. The van der Waals surface area contributed by atoms with Crippen LogP contribution >= 0.6 is 0 Å². The van der Waals surface area contributed by atoms with Gasteiger partial charge in [-0.3, -0.25) is 4.79 Å². The molecule has 1 aliphatic carbocycles. The van der Waals surface area contributed by atoms with Crippen molar-refractivity contribution in [1.29, 1.82) is 0 Å². The fraction of sp³-hybridized carbons (Fsp3) is 0.875. The summed E-state index contributed by atoms with van der Waals surface area (Å²) in [6, 6.07) is 0. The molecule has 0 radical (unpaired) electrons. The average Bonchev–Trinajstić information content (AvgIpc) is 1.88. The van der Waals surface area contributed by atoms with E-state index in [2.05, 4.69) is 0 Å². The molecule has 1 aliphatic rings. The number of carbonyl (C=O) groups is 1. The maximum atomic E-state index is 9.37. The first kappa shape index (κ1) is 10.4. The Labute approximate surface area is 67.0 Å². The van der Waals surface area contributed by atoms with Crippen LogP contribution in [0.3, 0.4) is 0 Å². The lowest BCUT2D eigenvalue weighted by molar-refractivity contribution is -0.122. The molecule has 11 heavy (non-hydrogen) atoms. The maximum absolute atomic E-state index is 9.37. The monoisotopic (exact) mass is 160 g/mol. The highest BCUT2D eigenvalue weighted by Gasteiger charge is 2.22. The van der Waals surface area contributed by atoms with Gasteiger partial charge in [0, 0.05) is 0 Å². The Morgan fingerprint density at radius 2 is 1.64 bits per heavy atom. The van der Waals surface area contributed by atoms with E-state index in [0.717, 1.165) is 12.8 Å². The summed E-state index contributed by atoms with van der Waals surface area (Å²) in [6.07, 6.45) is 5.76. The van der Waals surface area contributed by atoms with Gasteiger partial charge >= 0.3 is 0 Å². The molecule has 66 valence electrons. The van der Waals surface area contributed by atoms with Crippen molar-refractivity contribution in [3.8, 4) is 0 Å². The van der Waals surface area contributed by atoms with E-state index < -0.39 is 0 Å². The molecule has 0 aromatic rings. The van der Waals surface area contributed by atoms with Crippen LogP contribution in [0.2, 0.25) is 0 Å². The molecular formula is C8H16O3. The van der Waals surface area contributed by atoms with Crippen LogP contribution in [0.1, 0.15) is 39.0 Å². The van der Waals surface area contributed by atoms with Gasteiger partial charge in [-0.25, -0.2) is 0 Å². The smallest absolute Gasteiger partial charge is 0.290 e. The Morgan fingerprint density at radius 1 is 1.27 bits per heavy atom. The van der Waals surface area contributed by atoms with Crippen LogP contribution in [0, 0.1) is 0 Å². The number of aliphatic hydroxyl groups is 1. The third-order valence-electron chi connectivity index (χ3n) is 1.93. The van der Waals surface area contributed by atoms with Gasteiger partial charge in [0.15, 0.2) is 0 Å². The Bertz CT molecular complexity index is 102. The second-order valence-corrected chi connectivity index (χ2v) is 3.16. The van der Waals surface area contributed by atoms with Crippen LogP contribution in [-0.4, -0.2) is 22.3 Å². The molecule has 0 aromatic heterocycles. The highest BCUT2D eigenvalue weighted by Crippen LogP contribution is 2.26. The first-order valence-corrected chi connectivity index (χ1v) is 3.92. The van der Waals surface area contributed by atoms with E-state index in [1.807, 2.05) is 6.92 Å². The van der Waals surface area contributed by atoms with Gasteiger partial charge in [0.2, 0.25) is 0 Å². The molecule has 2 N–H and O–H groups in total. The van der Waals surface area contributed by atoms with Crippen LogP contribution in [0.25, 0.3) is 0 Å². The number of rotatable bonds is 0. The normalized spacial score (nSPS) is 21.3. The molecular weight excluding hydrogens is 144 g/mol. The minimum Gasteiger partial charge on any atom is -0.483 e. The minimum atomic E-state index is -0.321. The standard InChI is InChI=1S/C7H14O.CH2O2/c1-7(8)5-3-2-4-6-7;2-1-3/h8H,2-6H2,1H3;1H,(H,2,3). The Balaban J connectivity index is 0.000000292. The zero-order valence-electron chi connectivity index (χ0n) is 6.92. The third kappa shape index (κ3) is 5.85. The van der Waals surface area contributed by atoms with Crippen LogP contribution < -0.4 is 0 Å². The molecule has 0 aromatic carbocycles. The molecule has 1 rings (SSSR count). The van der Waals surface area contributed by atoms with Gasteiger partial charge in [0.25, 0.3) is 6.47 Å². The Morgan fingerprint density at radius 3 is 1.82 bits per heavy atom. The molecule has 3 heteroatoms. The van der Waals surface area contributed by atoms with Crippen molar-refractivity contribution in [3.05, 3.63) is 0 Å². The molecule has 0 spiro atoms. The third-order valence-corrected chi connectivity index (χ3v) is 1.93. The molecule has 0 saturated heterocycles. The molecule has 0 aliphatic heterocycles. The lowest BCUT2D eigenvalue weighted by Gasteiger charge is -2.27. The highest BCUT2D eigenvalue weighted by molar-refractivity contribution is 5.32. The van der Waals surface area contributed by atoms with E-state index in [1.54, 1.807) is 0 Å². The van der Waals surface area contributed by atoms with Gasteiger partial charge in [-0.2, -0.15) is 0 Å². The predicted molar refractivity (Wildman–Crippen MR) is 42.4 cm³/mol. The van der Waals surface area contributed by atoms with Gasteiger partial charge in [0.05, 0.1) is 5.60 Å². The van der Waals surface area contributed by atoms with E-state index in [9.17, 15) is 5.11 Å². The molecule has 0 unspecified atom stereocenters. The van der Waals surface area contributed by atoms with Gasteiger partial charge in [-0.05, 0) is 19.8 Å². The summed E-state index contributed by atoms with van der Waals surface area (Å²) in [7, 11) is 0. The number of hydrogen-bond donors (Lipinski definition) is 2. The maximum Gasteiger partial charge on any atom is 0.290 e. The van der Waals surface area contributed by atoms with Crippen LogP contribution in [0.5, 0.6) is 0 Å². The summed E-state index contributed by atoms with van der Waals surface area (Å²) in [4.78, 5) is 8.36. The summed E-state index contributed by atoms with van der Waals surface area (Å²) in [5.41, 5.74) is -0.321. The molecule has 0 atom stereocenters. The zero-order chi connectivity index (χ0) is 8.74. The second-order valence-electron chi connectivity index (χ2n) is 3.16. The Kier molecular flexibility index (Phi) is 4.86. The fourth-order valence-electron chi connectivity index (χ4n) is 1.31. The number of hydrogen-bond acceptors (Lipinski definition) is 2. The first-order valence-electron chi connectivity index (χ1n) is 3.92. The quantitative estimate of drug-likeness (QED) is 0.527. The van der Waals surface area contributed by atoms with Crippen molar-refractivity contribution >= 4 is 6.47 Å². The molecule has 0 heterocycles. The van der Waals surface area contributed by atoms with Crippen LogP contribution in [0.15, 0.2) is 0 Å². The van der Waals surface area contributed by atoms with Crippen molar-refractivity contribution in [3.63, 3.8) is 0 Å². The second kappa shape index (κ2) is 5.13. The average molecular weight is 160 g/mol. The van der Waals surface area contributed by atoms with E-state index >= 15 is 0 Å². The van der Waals surface area contributed by atoms with Crippen molar-refractivity contribution in [2.24, 2.45) is 0 Å². The highest BCUT2D eigenvalue weighted by atomic mass is 16.3. The van der Waals surface area contributed by atoms with E-state index in [0.29, 0.717) is 0 Å². The van der Waals surface area contributed by atoms with Crippen LogP contribution in [0.4, 0.5) is 0 Å². The summed E-state index contributed by atoms with van der Waals surface area (Å²) >= 11 is 0. The van der Waals surface area contributed by atoms with Gasteiger partial charge in [-0.1, -0.05) is 19.3 Å². The van der Waals surface area contributed by atoms with Gasteiger partial charge in [0.1, 0.15) is 0 Å². The van der Waals surface area contributed by atoms with E-state index in [-0.39, 0.29) is 12.1 Å². The van der Waals surface area contributed by atoms with E-state index in [4.69, 9.17) is 9.90 Å². The summed E-state index contributed by atoms with van der Waals surface area (Å²) in [5, 5.41) is 16.3. The summed E-state index contributed by atoms with van der Waals surface area (Å²) < 4.78 is 0. The van der Waals surface area contributed by atoms with Crippen molar-refractivity contribution in [1.82, 2.24) is 0 Å². The predicted octanol–water partition coefficient (Wildman–Crippen LogP) is 1.40. The molecule has 1 fully saturated rings. The summed E-state index contributed by atoms with van der Waals surface area (Å²) in [5.74, 6) is 0. The molecule has 3 nitrogen and oxygen atoms in total. The molecule has 0 amide bonds. The lowest BCUT2D eigenvalue weighted by atomic mass is 9.87. The minimum absolute atomic E-state index is 0.250. The van der Waals surface area contributed by atoms with Gasteiger partial charge in [-0.15, -0.1) is 0 Å². The van der Waals surface area contributed by atoms with E-state index in [1.165, 1.54) is 19.3 Å². The number of carboxylic acid groups (broad SMARTS) is 1. The van der Waals surface area contributed by atoms with Crippen LogP contribution in [-0.2, 0) is 4.79 Å². The lowest BCUT2D eigenvalue weighted by Crippen LogP contribution is -2.26. The first-order chi connectivity index (χ1) is 5.12. The van der Waals surface area contributed by atoms with Crippen molar-refractivity contribution < 1.29 is 15.0 Å². The molecule has 0 bridgehead atoms.